The average molecular weight is 339 g/mol. The summed E-state index contributed by atoms with van der Waals surface area (Å²) in [6.07, 6.45) is 2.38. The monoisotopic (exact) mass is 339 g/mol. The second kappa shape index (κ2) is 7.66. The first-order chi connectivity index (χ1) is 12.0. The first-order valence-corrected chi connectivity index (χ1v) is 8.71. The van der Waals surface area contributed by atoms with E-state index in [1.807, 2.05) is 38.1 Å². The maximum absolute atomic E-state index is 12.4. The molecule has 1 aliphatic heterocycles. The molecule has 0 saturated carbocycles. The number of likely N-dealkylation sites (tertiary alicyclic amines) is 1. The SMILES string of the molecule is Cc1cc(C(=O)Nc2ccc(OC3CCN(C)CC3)cc2)cc(C)n1. The number of benzene rings is 1. The summed E-state index contributed by atoms with van der Waals surface area (Å²) in [6.45, 7) is 5.92. The number of aromatic nitrogens is 1. The lowest BCUT2D eigenvalue weighted by Gasteiger charge is -2.29. The number of hydrogen-bond acceptors (Lipinski definition) is 4. The molecule has 0 aliphatic carbocycles. The van der Waals surface area contributed by atoms with Crippen LogP contribution in [0.5, 0.6) is 5.75 Å². The van der Waals surface area contributed by atoms with Gasteiger partial charge in [-0.15, -0.1) is 0 Å². The van der Waals surface area contributed by atoms with Gasteiger partial charge in [0.25, 0.3) is 5.91 Å². The number of ether oxygens (including phenoxy) is 1. The maximum atomic E-state index is 12.4. The Labute approximate surface area is 149 Å². The number of carbonyl (C=O) groups excluding carboxylic acids is 1. The first-order valence-electron chi connectivity index (χ1n) is 8.71. The van der Waals surface area contributed by atoms with Crippen LogP contribution in [0.4, 0.5) is 5.69 Å². The molecular weight excluding hydrogens is 314 g/mol. The lowest BCUT2D eigenvalue weighted by Crippen LogP contribution is -2.35. The Morgan fingerprint density at radius 1 is 1.12 bits per heavy atom. The molecule has 132 valence electrons. The molecule has 2 heterocycles. The fourth-order valence-electron chi connectivity index (χ4n) is 3.08. The standard InChI is InChI=1S/C20H25N3O2/c1-14-12-16(13-15(2)21-14)20(24)22-17-4-6-18(7-5-17)25-19-8-10-23(3)11-9-19/h4-7,12-13,19H,8-11H2,1-3H3,(H,22,24). The van der Waals surface area contributed by atoms with Crippen LogP contribution in [0.1, 0.15) is 34.6 Å². The van der Waals surface area contributed by atoms with Gasteiger partial charge in [0.1, 0.15) is 11.9 Å². The Morgan fingerprint density at radius 2 is 1.72 bits per heavy atom. The van der Waals surface area contributed by atoms with Crippen molar-refractivity contribution in [1.82, 2.24) is 9.88 Å². The lowest BCUT2D eigenvalue weighted by atomic mass is 10.1. The number of rotatable bonds is 4. The summed E-state index contributed by atoms with van der Waals surface area (Å²) in [5.74, 6) is 0.723. The number of nitrogens with zero attached hydrogens (tertiary/aromatic N) is 2. The molecule has 2 aromatic rings. The van der Waals surface area contributed by atoms with Crippen molar-refractivity contribution in [3.05, 3.63) is 53.3 Å². The second-order valence-corrected chi connectivity index (χ2v) is 6.74. The summed E-state index contributed by atoms with van der Waals surface area (Å²) in [6, 6.07) is 11.2. The van der Waals surface area contributed by atoms with E-state index in [2.05, 4.69) is 22.2 Å². The van der Waals surface area contributed by atoms with Gasteiger partial charge in [-0.2, -0.15) is 0 Å². The third kappa shape index (κ3) is 4.79. The number of nitrogens with one attached hydrogen (secondary N) is 1. The summed E-state index contributed by atoms with van der Waals surface area (Å²) in [5.41, 5.74) is 3.06. The van der Waals surface area contributed by atoms with Crippen molar-refractivity contribution in [1.29, 1.82) is 0 Å². The van der Waals surface area contributed by atoms with Crippen LogP contribution in [-0.4, -0.2) is 42.0 Å². The Morgan fingerprint density at radius 3 is 2.32 bits per heavy atom. The zero-order valence-electron chi connectivity index (χ0n) is 15.1. The van der Waals surface area contributed by atoms with E-state index >= 15 is 0 Å². The molecule has 25 heavy (non-hydrogen) atoms. The summed E-state index contributed by atoms with van der Waals surface area (Å²) < 4.78 is 6.03. The zero-order valence-corrected chi connectivity index (χ0v) is 15.1. The van der Waals surface area contributed by atoms with Crippen LogP contribution in [0.25, 0.3) is 0 Å². The molecule has 1 amide bonds. The number of carbonyl (C=O) groups is 1. The molecule has 1 N–H and O–H groups in total. The number of aryl methyl sites for hydroxylation is 2. The number of hydrogen-bond donors (Lipinski definition) is 1. The number of amides is 1. The van der Waals surface area contributed by atoms with Gasteiger partial charge >= 0.3 is 0 Å². The summed E-state index contributed by atoms with van der Waals surface area (Å²) in [4.78, 5) is 19.0. The normalized spacial score (nSPS) is 15.8. The molecule has 5 heteroatoms. The largest absolute Gasteiger partial charge is 0.490 e. The highest BCUT2D eigenvalue weighted by Crippen LogP contribution is 2.21. The van der Waals surface area contributed by atoms with Gasteiger partial charge in [0.2, 0.25) is 0 Å². The molecule has 0 bridgehead atoms. The van der Waals surface area contributed by atoms with Crippen molar-refractivity contribution in [2.45, 2.75) is 32.8 Å². The highest BCUT2D eigenvalue weighted by molar-refractivity contribution is 6.04. The predicted molar refractivity (Wildman–Crippen MR) is 99.3 cm³/mol. The van der Waals surface area contributed by atoms with Crippen LogP contribution < -0.4 is 10.1 Å². The Hall–Kier alpha value is -2.40. The fraction of sp³-hybridized carbons (Fsp3) is 0.400. The number of anilines is 1. The van der Waals surface area contributed by atoms with E-state index in [0.29, 0.717) is 5.56 Å². The molecule has 1 aromatic heterocycles. The lowest BCUT2D eigenvalue weighted by molar-refractivity contribution is 0.102. The van der Waals surface area contributed by atoms with Gasteiger partial charge in [-0.25, -0.2) is 0 Å². The van der Waals surface area contributed by atoms with Crippen molar-refractivity contribution in [2.75, 3.05) is 25.5 Å². The van der Waals surface area contributed by atoms with E-state index in [1.54, 1.807) is 12.1 Å². The highest BCUT2D eigenvalue weighted by Gasteiger charge is 2.18. The van der Waals surface area contributed by atoms with E-state index in [-0.39, 0.29) is 12.0 Å². The van der Waals surface area contributed by atoms with Gasteiger partial charge in [-0.3, -0.25) is 9.78 Å². The minimum absolute atomic E-state index is 0.127. The number of piperidine rings is 1. The van der Waals surface area contributed by atoms with Crippen molar-refractivity contribution >= 4 is 11.6 Å². The van der Waals surface area contributed by atoms with Gasteiger partial charge in [0, 0.05) is 35.7 Å². The van der Waals surface area contributed by atoms with Gasteiger partial charge < -0.3 is 15.0 Å². The van der Waals surface area contributed by atoms with Gasteiger partial charge in [0.15, 0.2) is 0 Å². The Bertz CT molecular complexity index is 715. The summed E-state index contributed by atoms with van der Waals surface area (Å²) in [5, 5.41) is 2.92. The van der Waals surface area contributed by atoms with Crippen LogP contribution in [0.3, 0.4) is 0 Å². The van der Waals surface area contributed by atoms with Gasteiger partial charge in [-0.1, -0.05) is 0 Å². The zero-order chi connectivity index (χ0) is 17.8. The molecule has 1 aromatic carbocycles. The molecule has 0 radical (unpaired) electrons. The predicted octanol–water partition coefficient (Wildman–Crippen LogP) is 3.42. The van der Waals surface area contributed by atoms with Crippen LogP contribution in [-0.2, 0) is 0 Å². The van der Waals surface area contributed by atoms with Crippen LogP contribution >= 0.6 is 0 Å². The summed E-state index contributed by atoms with van der Waals surface area (Å²) >= 11 is 0. The van der Waals surface area contributed by atoms with E-state index in [1.165, 1.54) is 0 Å². The Kier molecular flexibility index (Phi) is 5.34. The smallest absolute Gasteiger partial charge is 0.255 e. The molecule has 3 rings (SSSR count). The third-order valence-corrected chi connectivity index (χ3v) is 4.42. The van der Waals surface area contributed by atoms with E-state index in [9.17, 15) is 4.79 Å². The highest BCUT2D eigenvalue weighted by atomic mass is 16.5. The quantitative estimate of drug-likeness (QED) is 0.927. The van der Waals surface area contributed by atoms with E-state index < -0.39 is 0 Å². The van der Waals surface area contributed by atoms with E-state index in [4.69, 9.17) is 4.74 Å². The maximum Gasteiger partial charge on any atom is 0.255 e. The minimum atomic E-state index is -0.127. The molecule has 1 saturated heterocycles. The first kappa shape index (κ1) is 17.4. The van der Waals surface area contributed by atoms with Crippen molar-refractivity contribution < 1.29 is 9.53 Å². The second-order valence-electron chi connectivity index (χ2n) is 6.74. The van der Waals surface area contributed by atoms with Crippen molar-refractivity contribution in [2.24, 2.45) is 0 Å². The molecule has 1 fully saturated rings. The van der Waals surface area contributed by atoms with Crippen LogP contribution in [0, 0.1) is 13.8 Å². The van der Waals surface area contributed by atoms with Crippen molar-refractivity contribution in [3.63, 3.8) is 0 Å². The molecule has 0 atom stereocenters. The van der Waals surface area contributed by atoms with E-state index in [0.717, 1.165) is 48.8 Å². The Balaban J connectivity index is 1.59. The number of pyridine rings is 1. The third-order valence-electron chi connectivity index (χ3n) is 4.42. The average Bonchev–Trinajstić information content (AvgIpc) is 2.58. The van der Waals surface area contributed by atoms with Crippen LogP contribution in [0.15, 0.2) is 36.4 Å². The topological polar surface area (TPSA) is 54.5 Å². The van der Waals surface area contributed by atoms with Crippen LogP contribution in [0.2, 0.25) is 0 Å². The molecular formula is C20H25N3O2. The van der Waals surface area contributed by atoms with Gasteiger partial charge in [-0.05, 0) is 70.1 Å². The van der Waals surface area contributed by atoms with Gasteiger partial charge in [0.05, 0.1) is 0 Å². The fourth-order valence-corrected chi connectivity index (χ4v) is 3.08. The van der Waals surface area contributed by atoms with Crippen molar-refractivity contribution in [3.8, 4) is 5.75 Å². The molecule has 1 aliphatic rings. The molecule has 5 nitrogen and oxygen atoms in total. The molecule has 0 unspecified atom stereocenters. The summed E-state index contributed by atoms with van der Waals surface area (Å²) in [7, 11) is 2.14. The minimum Gasteiger partial charge on any atom is -0.490 e. The molecule has 0 spiro atoms.